The van der Waals surface area contributed by atoms with Crippen LogP contribution in [0.5, 0.6) is 0 Å². The zero-order valence-electron chi connectivity index (χ0n) is 14.0. The third kappa shape index (κ3) is 3.50. The fourth-order valence-electron chi connectivity index (χ4n) is 2.64. The lowest BCUT2D eigenvalue weighted by atomic mass is 9.95. The molecule has 0 saturated heterocycles. The maximum absolute atomic E-state index is 12.2. The van der Waals surface area contributed by atoms with Crippen molar-refractivity contribution in [3.8, 4) is 0 Å². The molecule has 1 heterocycles. The highest BCUT2D eigenvalue weighted by molar-refractivity contribution is 5.88. The molecule has 0 saturated carbocycles. The van der Waals surface area contributed by atoms with Crippen LogP contribution < -0.4 is 5.32 Å². The second-order valence-corrected chi connectivity index (χ2v) is 6.89. The summed E-state index contributed by atoms with van der Waals surface area (Å²) in [4.78, 5) is 12.2. The first-order valence-electron chi connectivity index (χ1n) is 7.66. The number of aliphatic hydroxyl groups is 1. The summed E-state index contributed by atoms with van der Waals surface area (Å²) >= 11 is 0. The quantitative estimate of drug-likeness (QED) is 0.891. The number of aryl methyl sites for hydroxylation is 1. The standard InChI is InChI=1S/C18H25NO3/c1-11(2)14-8-15-13(9-22-16(15)6-12(14)3)7-17(21)19-18(4,5)10-20/h6,8-9,11,20H,7,10H2,1-5H3,(H,19,21). The average molecular weight is 303 g/mol. The van der Waals surface area contributed by atoms with Crippen LogP contribution in [0, 0.1) is 6.92 Å². The van der Waals surface area contributed by atoms with Crippen molar-refractivity contribution >= 4 is 16.9 Å². The summed E-state index contributed by atoms with van der Waals surface area (Å²) < 4.78 is 5.59. The molecule has 0 unspecified atom stereocenters. The highest BCUT2D eigenvalue weighted by atomic mass is 16.3. The topological polar surface area (TPSA) is 62.5 Å². The predicted molar refractivity (Wildman–Crippen MR) is 88.1 cm³/mol. The molecule has 22 heavy (non-hydrogen) atoms. The van der Waals surface area contributed by atoms with Crippen LogP contribution in [0.25, 0.3) is 11.0 Å². The van der Waals surface area contributed by atoms with Crippen LogP contribution >= 0.6 is 0 Å². The van der Waals surface area contributed by atoms with E-state index in [1.54, 1.807) is 20.1 Å². The molecule has 0 aliphatic heterocycles. The summed E-state index contributed by atoms with van der Waals surface area (Å²) in [7, 11) is 0. The molecule has 0 radical (unpaired) electrons. The van der Waals surface area contributed by atoms with Crippen molar-refractivity contribution in [1.29, 1.82) is 0 Å². The van der Waals surface area contributed by atoms with Crippen LogP contribution in [-0.4, -0.2) is 23.2 Å². The molecule has 2 N–H and O–H groups in total. The fraction of sp³-hybridized carbons (Fsp3) is 0.500. The van der Waals surface area contributed by atoms with Crippen LogP contribution in [0.4, 0.5) is 0 Å². The maximum Gasteiger partial charge on any atom is 0.225 e. The van der Waals surface area contributed by atoms with Gasteiger partial charge >= 0.3 is 0 Å². The Morgan fingerprint density at radius 2 is 2.05 bits per heavy atom. The molecule has 0 aliphatic carbocycles. The number of carbonyl (C=O) groups is 1. The molecule has 1 aromatic carbocycles. The van der Waals surface area contributed by atoms with Crippen molar-refractivity contribution in [2.75, 3.05) is 6.61 Å². The first kappa shape index (κ1) is 16.6. The van der Waals surface area contributed by atoms with E-state index < -0.39 is 5.54 Å². The van der Waals surface area contributed by atoms with E-state index in [4.69, 9.17) is 4.42 Å². The molecule has 4 heteroatoms. The number of hydrogen-bond acceptors (Lipinski definition) is 3. The van der Waals surface area contributed by atoms with Gasteiger partial charge in [-0.2, -0.15) is 0 Å². The normalized spacial score (nSPS) is 12.1. The Hall–Kier alpha value is -1.81. The van der Waals surface area contributed by atoms with Gasteiger partial charge in [0.2, 0.25) is 5.91 Å². The highest BCUT2D eigenvalue weighted by Gasteiger charge is 2.20. The van der Waals surface area contributed by atoms with Crippen molar-refractivity contribution in [2.24, 2.45) is 0 Å². The molecule has 0 aliphatic rings. The van der Waals surface area contributed by atoms with Gasteiger partial charge in [-0.15, -0.1) is 0 Å². The number of furan rings is 1. The molecule has 1 aromatic heterocycles. The molecule has 4 nitrogen and oxygen atoms in total. The molecular weight excluding hydrogens is 278 g/mol. The van der Waals surface area contributed by atoms with Gasteiger partial charge in [0.1, 0.15) is 5.58 Å². The molecule has 2 aromatic rings. The Kier molecular flexibility index (Phi) is 4.61. The first-order valence-corrected chi connectivity index (χ1v) is 7.66. The lowest BCUT2D eigenvalue weighted by Crippen LogP contribution is -2.46. The molecule has 0 spiro atoms. The Morgan fingerprint density at radius 3 is 2.64 bits per heavy atom. The number of hydrogen-bond donors (Lipinski definition) is 2. The molecule has 0 bridgehead atoms. The summed E-state index contributed by atoms with van der Waals surface area (Å²) in [5.41, 5.74) is 3.55. The maximum atomic E-state index is 12.2. The van der Waals surface area contributed by atoms with E-state index in [0.717, 1.165) is 16.5 Å². The van der Waals surface area contributed by atoms with Gasteiger partial charge in [-0.1, -0.05) is 13.8 Å². The van der Waals surface area contributed by atoms with Gasteiger partial charge in [0.25, 0.3) is 0 Å². The van der Waals surface area contributed by atoms with E-state index in [9.17, 15) is 9.90 Å². The third-order valence-corrected chi connectivity index (χ3v) is 3.89. The minimum absolute atomic E-state index is 0.0957. The van der Waals surface area contributed by atoms with E-state index in [0.29, 0.717) is 5.92 Å². The Labute approximate surface area is 131 Å². The summed E-state index contributed by atoms with van der Waals surface area (Å²) in [6.07, 6.45) is 1.90. The highest BCUT2D eigenvalue weighted by Crippen LogP contribution is 2.29. The second kappa shape index (κ2) is 6.13. The first-order chi connectivity index (χ1) is 10.2. The van der Waals surface area contributed by atoms with Gasteiger partial charge in [-0.3, -0.25) is 4.79 Å². The van der Waals surface area contributed by atoms with Crippen molar-refractivity contribution in [3.63, 3.8) is 0 Å². The van der Waals surface area contributed by atoms with Gasteiger partial charge in [-0.25, -0.2) is 0 Å². The number of nitrogens with one attached hydrogen (secondary N) is 1. The van der Waals surface area contributed by atoms with Crippen molar-refractivity contribution in [1.82, 2.24) is 5.32 Å². The Balaban J connectivity index is 2.29. The number of rotatable bonds is 5. The minimum Gasteiger partial charge on any atom is -0.464 e. The predicted octanol–water partition coefficient (Wildman–Crippen LogP) is 3.29. The molecule has 0 fully saturated rings. The molecule has 1 amide bonds. The number of aliphatic hydroxyl groups excluding tert-OH is 1. The van der Waals surface area contributed by atoms with Gasteiger partial charge < -0.3 is 14.8 Å². The SMILES string of the molecule is Cc1cc2occ(CC(=O)NC(C)(C)CO)c2cc1C(C)C. The van der Waals surface area contributed by atoms with Crippen molar-refractivity contribution < 1.29 is 14.3 Å². The lowest BCUT2D eigenvalue weighted by Gasteiger charge is -2.23. The summed E-state index contributed by atoms with van der Waals surface area (Å²) in [6, 6.07) is 4.16. The van der Waals surface area contributed by atoms with E-state index in [-0.39, 0.29) is 18.9 Å². The van der Waals surface area contributed by atoms with Crippen molar-refractivity contribution in [3.05, 3.63) is 35.1 Å². The van der Waals surface area contributed by atoms with Crippen LogP contribution in [0.3, 0.4) is 0 Å². The van der Waals surface area contributed by atoms with Crippen molar-refractivity contribution in [2.45, 2.75) is 52.5 Å². The number of benzene rings is 1. The summed E-state index contributed by atoms with van der Waals surface area (Å²) in [5.74, 6) is 0.308. The molecule has 2 rings (SSSR count). The van der Waals surface area contributed by atoms with Crippen LogP contribution in [-0.2, 0) is 11.2 Å². The Morgan fingerprint density at radius 1 is 1.36 bits per heavy atom. The van der Waals surface area contributed by atoms with E-state index >= 15 is 0 Å². The Bertz CT molecular complexity index is 683. The smallest absolute Gasteiger partial charge is 0.225 e. The van der Waals surface area contributed by atoms with Crippen LogP contribution in [0.2, 0.25) is 0 Å². The monoisotopic (exact) mass is 303 g/mol. The number of amides is 1. The fourth-order valence-corrected chi connectivity index (χ4v) is 2.64. The van der Waals surface area contributed by atoms with Gasteiger partial charge in [0, 0.05) is 10.9 Å². The van der Waals surface area contributed by atoms with Crippen LogP contribution in [0.1, 0.15) is 50.3 Å². The van der Waals surface area contributed by atoms with E-state index in [1.807, 2.05) is 6.07 Å². The minimum atomic E-state index is -0.615. The summed E-state index contributed by atoms with van der Waals surface area (Å²) in [5, 5.41) is 13.1. The van der Waals surface area contributed by atoms with E-state index in [2.05, 4.69) is 32.2 Å². The zero-order valence-corrected chi connectivity index (χ0v) is 14.0. The summed E-state index contributed by atoms with van der Waals surface area (Å²) in [6.45, 7) is 9.88. The van der Waals surface area contributed by atoms with Gasteiger partial charge in [-0.05, 0) is 49.9 Å². The number of carbonyl (C=O) groups excluding carboxylic acids is 1. The van der Waals surface area contributed by atoms with Crippen LogP contribution in [0.15, 0.2) is 22.8 Å². The average Bonchev–Trinajstić information content (AvgIpc) is 2.79. The van der Waals surface area contributed by atoms with Gasteiger partial charge in [0.05, 0.1) is 24.8 Å². The van der Waals surface area contributed by atoms with E-state index in [1.165, 1.54) is 11.1 Å². The third-order valence-electron chi connectivity index (χ3n) is 3.89. The molecular formula is C18H25NO3. The largest absolute Gasteiger partial charge is 0.464 e. The lowest BCUT2D eigenvalue weighted by molar-refractivity contribution is -0.122. The molecule has 120 valence electrons. The zero-order chi connectivity index (χ0) is 16.5. The second-order valence-electron chi connectivity index (χ2n) is 6.89. The molecule has 0 atom stereocenters. The van der Waals surface area contributed by atoms with Gasteiger partial charge in [0.15, 0.2) is 0 Å². The number of fused-ring (bicyclic) bond motifs is 1.